The summed E-state index contributed by atoms with van der Waals surface area (Å²) in [6, 6.07) is 10.8. The highest BCUT2D eigenvalue weighted by atomic mass is 32.2. The molecule has 3 N–H and O–H groups in total. The summed E-state index contributed by atoms with van der Waals surface area (Å²) in [5.41, 5.74) is 4.43. The van der Waals surface area contributed by atoms with E-state index in [9.17, 15) is 12.8 Å². The maximum absolute atomic E-state index is 13.7. The van der Waals surface area contributed by atoms with Crippen LogP contribution in [-0.4, -0.2) is 14.7 Å². The fourth-order valence-corrected chi connectivity index (χ4v) is 2.77. The van der Waals surface area contributed by atoms with Crippen LogP contribution < -0.4 is 11.3 Å². The van der Waals surface area contributed by atoms with Crippen LogP contribution in [0.4, 0.5) is 4.39 Å². The topological polar surface area (TPSA) is 72.2 Å². The van der Waals surface area contributed by atoms with E-state index in [0.717, 1.165) is 6.26 Å². The molecule has 2 aromatic carbocycles. The Morgan fingerprint density at radius 3 is 2.38 bits per heavy atom. The minimum atomic E-state index is -3.31. The maximum atomic E-state index is 13.7. The summed E-state index contributed by atoms with van der Waals surface area (Å²) in [5, 5.41) is 0. The molecule has 0 fully saturated rings. The molecule has 0 aliphatic carbocycles. The summed E-state index contributed by atoms with van der Waals surface area (Å²) in [5.74, 6) is 5.24. The molecule has 0 aromatic heterocycles. The van der Waals surface area contributed by atoms with Crippen molar-refractivity contribution in [1.82, 2.24) is 5.43 Å². The Kier molecular flexibility index (Phi) is 4.41. The summed E-state index contributed by atoms with van der Waals surface area (Å²) in [7, 11) is -3.31. The lowest BCUT2D eigenvalue weighted by molar-refractivity contribution is 0.595. The van der Waals surface area contributed by atoms with Gasteiger partial charge in [-0.1, -0.05) is 24.3 Å². The van der Waals surface area contributed by atoms with Gasteiger partial charge < -0.3 is 0 Å². The van der Waals surface area contributed by atoms with Crippen molar-refractivity contribution in [2.75, 3.05) is 6.26 Å². The molecule has 0 saturated carbocycles. The molecule has 2 aromatic rings. The molecule has 0 amide bonds. The van der Waals surface area contributed by atoms with Crippen molar-refractivity contribution in [3.05, 3.63) is 65.0 Å². The van der Waals surface area contributed by atoms with E-state index < -0.39 is 15.9 Å². The Morgan fingerprint density at radius 1 is 1.14 bits per heavy atom. The van der Waals surface area contributed by atoms with E-state index in [0.29, 0.717) is 16.7 Å². The molecule has 2 rings (SSSR count). The molecule has 21 heavy (non-hydrogen) atoms. The first kappa shape index (κ1) is 15.6. The molecule has 1 atom stereocenters. The van der Waals surface area contributed by atoms with Gasteiger partial charge in [-0.15, -0.1) is 0 Å². The van der Waals surface area contributed by atoms with Crippen molar-refractivity contribution in [3.8, 4) is 0 Å². The van der Waals surface area contributed by atoms with Gasteiger partial charge in [0, 0.05) is 6.26 Å². The second-order valence-corrected chi connectivity index (χ2v) is 6.97. The molecular weight excluding hydrogens is 291 g/mol. The summed E-state index contributed by atoms with van der Waals surface area (Å²) in [6.07, 6.45) is 1.14. The van der Waals surface area contributed by atoms with Crippen LogP contribution in [0.2, 0.25) is 0 Å². The van der Waals surface area contributed by atoms with Gasteiger partial charge in [0.25, 0.3) is 0 Å². The molecule has 0 aliphatic heterocycles. The lowest BCUT2D eigenvalue weighted by Crippen LogP contribution is -2.29. The first-order valence-corrected chi connectivity index (χ1v) is 8.24. The van der Waals surface area contributed by atoms with E-state index in [1.54, 1.807) is 31.2 Å². The monoisotopic (exact) mass is 308 g/mol. The zero-order valence-electron chi connectivity index (χ0n) is 11.8. The number of nitrogens with one attached hydrogen (secondary N) is 1. The Balaban J connectivity index is 2.49. The second-order valence-electron chi connectivity index (χ2n) is 4.95. The fraction of sp³-hybridized carbons (Fsp3) is 0.200. The van der Waals surface area contributed by atoms with Gasteiger partial charge in [0.15, 0.2) is 9.84 Å². The number of hydrogen-bond donors (Lipinski definition) is 2. The number of hydrazine groups is 1. The lowest BCUT2D eigenvalue weighted by atomic mass is 9.98. The van der Waals surface area contributed by atoms with Gasteiger partial charge in [0.1, 0.15) is 5.82 Å². The van der Waals surface area contributed by atoms with E-state index in [2.05, 4.69) is 5.43 Å². The molecule has 0 bridgehead atoms. The van der Waals surface area contributed by atoms with Gasteiger partial charge in [0.05, 0.1) is 10.9 Å². The van der Waals surface area contributed by atoms with Crippen LogP contribution in [0.1, 0.15) is 22.7 Å². The van der Waals surface area contributed by atoms with E-state index in [1.165, 1.54) is 18.2 Å². The smallest absolute Gasteiger partial charge is 0.175 e. The third-order valence-electron chi connectivity index (χ3n) is 3.32. The highest BCUT2D eigenvalue weighted by molar-refractivity contribution is 7.90. The summed E-state index contributed by atoms with van der Waals surface area (Å²) < 4.78 is 36.9. The minimum absolute atomic E-state index is 0.202. The largest absolute Gasteiger partial charge is 0.271 e. The van der Waals surface area contributed by atoms with Crippen molar-refractivity contribution in [3.63, 3.8) is 0 Å². The predicted molar refractivity (Wildman–Crippen MR) is 79.9 cm³/mol. The normalized spacial score (nSPS) is 13.1. The average Bonchev–Trinajstić information content (AvgIpc) is 2.43. The van der Waals surface area contributed by atoms with Gasteiger partial charge in [-0.2, -0.15) is 0 Å². The number of aryl methyl sites for hydroxylation is 1. The number of hydrogen-bond acceptors (Lipinski definition) is 4. The first-order chi connectivity index (χ1) is 9.82. The minimum Gasteiger partial charge on any atom is -0.271 e. The Labute approximate surface area is 123 Å². The van der Waals surface area contributed by atoms with E-state index in [1.807, 2.05) is 0 Å². The van der Waals surface area contributed by atoms with Crippen LogP contribution >= 0.6 is 0 Å². The maximum Gasteiger partial charge on any atom is 0.175 e. The van der Waals surface area contributed by atoms with E-state index >= 15 is 0 Å². The standard InChI is InChI=1S/C15H17FN2O2S/c1-10-6-7-12(9-14(10)16)15(18-17)11-4-3-5-13(8-11)21(2,19)20/h3-9,15,18H,17H2,1-2H3. The summed E-state index contributed by atoms with van der Waals surface area (Å²) >= 11 is 0. The van der Waals surface area contributed by atoms with Crippen molar-refractivity contribution in [1.29, 1.82) is 0 Å². The van der Waals surface area contributed by atoms with Gasteiger partial charge in [-0.25, -0.2) is 18.2 Å². The number of sulfone groups is 1. The second kappa shape index (κ2) is 5.93. The van der Waals surface area contributed by atoms with Crippen LogP contribution in [0.3, 0.4) is 0 Å². The quantitative estimate of drug-likeness (QED) is 0.670. The van der Waals surface area contributed by atoms with Crippen molar-refractivity contribution in [2.24, 2.45) is 5.84 Å². The average molecular weight is 308 g/mol. The summed E-state index contributed by atoms with van der Waals surface area (Å²) in [4.78, 5) is 0.202. The van der Waals surface area contributed by atoms with E-state index in [4.69, 9.17) is 5.84 Å². The highest BCUT2D eigenvalue weighted by Crippen LogP contribution is 2.25. The zero-order chi connectivity index (χ0) is 15.6. The third kappa shape index (κ3) is 3.47. The highest BCUT2D eigenvalue weighted by Gasteiger charge is 2.16. The molecule has 0 heterocycles. The SMILES string of the molecule is Cc1ccc(C(NN)c2cccc(S(C)(=O)=O)c2)cc1F. The van der Waals surface area contributed by atoms with Gasteiger partial charge in [0.2, 0.25) is 0 Å². The van der Waals surface area contributed by atoms with Gasteiger partial charge >= 0.3 is 0 Å². The Morgan fingerprint density at radius 2 is 1.81 bits per heavy atom. The van der Waals surface area contributed by atoms with Crippen molar-refractivity contribution >= 4 is 9.84 Å². The molecule has 0 aliphatic rings. The molecule has 0 radical (unpaired) electrons. The molecule has 4 nitrogen and oxygen atoms in total. The van der Waals surface area contributed by atoms with E-state index in [-0.39, 0.29) is 10.7 Å². The lowest BCUT2D eigenvalue weighted by Gasteiger charge is -2.18. The number of halogens is 1. The number of nitrogens with two attached hydrogens (primary N) is 1. The van der Waals surface area contributed by atoms with Gasteiger partial charge in [-0.3, -0.25) is 5.84 Å². The van der Waals surface area contributed by atoms with Crippen LogP contribution in [0.15, 0.2) is 47.4 Å². The predicted octanol–water partition coefficient (Wildman–Crippen LogP) is 2.09. The van der Waals surface area contributed by atoms with Gasteiger partial charge in [-0.05, 0) is 41.8 Å². The Hall–Kier alpha value is -1.76. The van der Waals surface area contributed by atoms with Crippen LogP contribution in [0.5, 0.6) is 0 Å². The van der Waals surface area contributed by atoms with Crippen LogP contribution in [0.25, 0.3) is 0 Å². The Bertz CT molecular complexity index is 760. The molecular formula is C15H17FN2O2S. The molecule has 6 heteroatoms. The third-order valence-corrected chi connectivity index (χ3v) is 4.43. The van der Waals surface area contributed by atoms with Crippen molar-refractivity contribution in [2.45, 2.75) is 17.9 Å². The number of benzene rings is 2. The molecule has 112 valence electrons. The summed E-state index contributed by atoms with van der Waals surface area (Å²) in [6.45, 7) is 1.67. The number of rotatable bonds is 4. The van der Waals surface area contributed by atoms with Crippen molar-refractivity contribution < 1.29 is 12.8 Å². The molecule has 0 spiro atoms. The fourth-order valence-electron chi connectivity index (χ4n) is 2.10. The van der Waals surface area contributed by atoms with Crippen LogP contribution in [0, 0.1) is 12.7 Å². The molecule has 1 unspecified atom stereocenters. The molecule has 0 saturated heterocycles. The zero-order valence-corrected chi connectivity index (χ0v) is 12.6. The first-order valence-electron chi connectivity index (χ1n) is 6.35. The van der Waals surface area contributed by atoms with Crippen LogP contribution in [-0.2, 0) is 9.84 Å².